The molecular formula is C37H55O3P. The second-order valence-corrected chi connectivity index (χ2v) is 15.0. The van der Waals surface area contributed by atoms with Crippen LogP contribution in [0.1, 0.15) is 114 Å². The molecule has 0 fully saturated rings. The minimum atomic E-state index is -4.53. The van der Waals surface area contributed by atoms with E-state index >= 15 is 0 Å². The maximum atomic E-state index is 13.1. The SMILES string of the molecule is CCCCCCCCCCCCCCCCOP(O)(Oc1ccccc1C)(c1ccccc1C)c1ccccc1C. The van der Waals surface area contributed by atoms with Gasteiger partial charge in [-0.2, -0.15) is 0 Å². The molecule has 0 saturated heterocycles. The normalized spacial score (nSPS) is 12.7. The Morgan fingerprint density at radius 1 is 0.512 bits per heavy atom. The second-order valence-electron chi connectivity index (χ2n) is 11.8. The summed E-state index contributed by atoms with van der Waals surface area (Å²) in [5.74, 6) is 0.653. The molecule has 0 amide bonds. The first-order chi connectivity index (χ1) is 19.9. The predicted octanol–water partition coefficient (Wildman–Crippen LogP) is 10.4. The zero-order valence-electron chi connectivity index (χ0n) is 26.2. The number of benzene rings is 3. The van der Waals surface area contributed by atoms with E-state index in [2.05, 4.69) is 6.92 Å². The molecule has 0 spiro atoms. The van der Waals surface area contributed by atoms with Gasteiger partial charge in [0.2, 0.25) is 0 Å². The average molecular weight is 579 g/mol. The molecule has 41 heavy (non-hydrogen) atoms. The van der Waals surface area contributed by atoms with E-state index in [1.54, 1.807) is 0 Å². The first-order valence-electron chi connectivity index (χ1n) is 16.2. The van der Waals surface area contributed by atoms with Gasteiger partial charge >= 0.3 is 219 Å². The number of hydrogen-bond acceptors (Lipinski definition) is 3. The summed E-state index contributed by atoms with van der Waals surface area (Å²) in [6.07, 6.45) is 18.3. The number of hydrogen-bond donors (Lipinski definition) is 1. The van der Waals surface area contributed by atoms with Crippen LogP contribution in [0.3, 0.4) is 0 Å². The monoisotopic (exact) mass is 578 g/mol. The number of para-hydroxylation sites is 1. The Balaban J connectivity index is 1.63. The van der Waals surface area contributed by atoms with E-state index in [1.165, 1.54) is 77.0 Å². The Bertz CT molecular complexity index is 1130. The van der Waals surface area contributed by atoms with Crippen molar-refractivity contribution in [3.63, 3.8) is 0 Å². The molecule has 0 aliphatic carbocycles. The molecule has 0 radical (unpaired) electrons. The van der Waals surface area contributed by atoms with Crippen LogP contribution >= 0.6 is 7.28 Å². The first kappa shape index (κ1) is 33.3. The topological polar surface area (TPSA) is 38.7 Å². The Kier molecular flexibility index (Phi) is 13.9. The third-order valence-corrected chi connectivity index (χ3v) is 12.2. The molecule has 0 aliphatic heterocycles. The summed E-state index contributed by atoms with van der Waals surface area (Å²) < 4.78 is 13.6. The third kappa shape index (κ3) is 9.40. The average Bonchev–Trinajstić information content (AvgIpc) is 2.97. The van der Waals surface area contributed by atoms with E-state index in [0.717, 1.165) is 40.1 Å². The third-order valence-electron chi connectivity index (χ3n) is 8.27. The maximum absolute atomic E-state index is 13.1. The summed E-state index contributed by atoms with van der Waals surface area (Å²) in [6, 6.07) is 23.8. The van der Waals surface area contributed by atoms with Crippen LogP contribution in [0.2, 0.25) is 0 Å². The molecule has 4 heteroatoms. The molecule has 0 atom stereocenters. The Morgan fingerprint density at radius 3 is 1.34 bits per heavy atom. The Hall–Kier alpha value is -2.19. The van der Waals surface area contributed by atoms with Gasteiger partial charge in [0.05, 0.1) is 0 Å². The van der Waals surface area contributed by atoms with Crippen molar-refractivity contribution in [3.8, 4) is 5.75 Å². The van der Waals surface area contributed by atoms with Gasteiger partial charge in [-0.25, -0.2) is 0 Å². The molecule has 0 unspecified atom stereocenters. The van der Waals surface area contributed by atoms with Crippen LogP contribution in [0.25, 0.3) is 0 Å². The van der Waals surface area contributed by atoms with Crippen LogP contribution < -0.4 is 15.1 Å². The van der Waals surface area contributed by atoms with Gasteiger partial charge in [-0.1, -0.05) is 32.6 Å². The van der Waals surface area contributed by atoms with Crippen LogP contribution in [0.5, 0.6) is 5.75 Å². The van der Waals surface area contributed by atoms with E-state index in [0.29, 0.717) is 12.4 Å². The molecule has 3 aromatic carbocycles. The van der Waals surface area contributed by atoms with Gasteiger partial charge in [0.1, 0.15) is 0 Å². The molecule has 0 saturated carbocycles. The fourth-order valence-corrected chi connectivity index (χ4v) is 9.69. The summed E-state index contributed by atoms with van der Waals surface area (Å²) >= 11 is 0. The zero-order valence-corrected chi connectivity index (χ0v) is 27.1. The minimum absolute atomic E-state index is 0.445. The van der Waals surface area contributed by atoms with Crippen LogP contribution in [0.4, 0.5) is 0 Å². The van der Waals surface area contributed by atoms with E-state index in [4.69, 9.17) is 9.05 Å². The predicted molar refractivity (Wildman–Crippen MR) is 179 cm³/mol. The summed E-state index contributed by atoms with van der Waals surface area (Å²) in [4.78, 5) is 13.1. The van der Waals surface area contributed by atoms with Gasteiger partial charge < -0.3 is 0 Å². The summed E-state index contributed by atoms with van der Waals surface area (Å²) in [5.41, 5.74) is 2.90. The van der Waals surface area contributed by atoms with Gasteiger partial charge in [0, 0.05) is 0 Å². The summed E-state index contributed by atoms with van der Waals surface area (Å²) in [7, 11) is -4.53. The van der Waals surface area contributed by atoms with E-state index in [-0.39, 0.29) is 0 Å². The number of unbranched alkanes of at least 4 members (excludes halogenated alkanes) is 13. The molecule has 0 bridgehead atoms. The molecule has 1 N–H and O–H groups in total. The number of rotatable bonds is 20. The molecule has 3 nitrogen and oxygen atoms in total. The second kappa shape index (κ2) is 17.1. The van der Waals surface area contributed by atoms with Crippen LogP contribution in [0.15, 0.2) is 72.8 Å². The van der Waals surface area contributed by atoms with Gasteiger partial charge in [-0.15, -0.1) is 0 Å². The van der Waals surface area contributed by atoms with Crippen LogP contribution in [0, 0.1) is 20.8 Å². The first-order valence-corrected chi connectivity index (χ1v) is 18.2. The number of aryl methyl sites for hydroxylation is 3. The molecule has 0 heterocycles. The van der Waals surface area contributed by atoms with E-state index in [1.807, 2.05) is 93.6 Å². The van der Waals surface area contributed by atoms with Crippen LogP contribution in [-0.4, -0.2) is 11.5 Å². The van der Waals surface area contributed by atoms with Gasteiger partial charge in [0.25, 0.3) is 0 Å². The van der Waals surface area contributed by atoms with Gasteiger partial charge in [-0.05, 0) is 0 Å². The molecule has 226 valence electrons. The van der Waals surface area contributed by atoms with E-state index < -0.39 is 7.28 Å². The van der Waals surface area contributed by atoms with Gasteiger partial charge in [0.15, 0.2) is 0 Å². The quantitative estimate of drug-likeness (QED) is 0.107. The van der Waals surface area contributed by atoms with Crippen molar-refractivity contribution in [2.75, 3.05) is 6.61 Å². The standard InChI is InChI=1S/C37H55O3P/c1-5-6-7-8-9-10-11-12-13-14-15-16-17-24-31-39-41(38,36-29-22-19-26-33(36)3,37-30-23-20-27-34(37)4)40-35-28-21-18-25-32(35)2/h18-23,25-30,38H,5-17,24,31H2,1-4H3. The molecule has 3 aromatic rings. The fraction of sp³-hybridized carbons (Fsp3) is 0.514. The van der Waals surface area contributed by atoms with Crippen molar-refractivity contribution in [2.45, 2.75) is 118 Å². The van der Waals surface area contributed by atoms with Gasteiger partial charge in [-0.3, -0.25) is 0 Å². The summed E-state index contributed by atoms with van der Waals surface area (Å²) in [5, 5.41) is 1.47. The van der Waals surface area contributed by atoms with Crippen molar-refractivity contribution in [2.24, 2.45) is 0 Å². The molecule has 0 aliphatic rings. The zero-order chi connectivity index (χ0) is 29.4. The Morgan fingerprint density at radius 2 is 0.902 bits per heavy atom. The van der Waals surface area contributed by atoms with Crippen molar-refractivity contribution in [1.82, 2.24) is 0 Å². The van der Waals surface area contributed by atoms with Crippen molar-refractivity contribution in [1.29, 1.82) is 0 Å². The Labute approximate surface area is 250 Å². The molecular weight excluding hydrogens is 523 g/mol. The van der Waals surface area contributed by atoms with Crippen LogP contribution in [-0.2, 0) is 4.52 Å². The molecule has 0 aromatic heterocycles. The summed E-state index contributed by atoms with van der Waals surface area (Å²) in [6.45, 7) is 8.80. The fourth-order valence-electron chi connectivity index (χ4n) is 5.78. The molecule has 3 rings (SSSR count). The van der Waals surface area contributed by atoms with Crippen molar-refractivity contribution < 1.29 is 13.9 Å². The van der Waals surface area contributed by atoms with Crippen molar-refractivity contribution in [3.05, 3.63) is 89.5 Å². The van der Waals surface area contributed by atoms with E-state index in [9.17, 15) is 4.89 Å². The van der Waals surface area contributed by atoms with Crippen molar-refractivity contribution >= 4 is 17.9 Å².